The van der Waals surface area contributed by atoms with Crippen molar-refractivity contribution in [1.82, 2.24) is 20.2 Å². The minimum Gasteiger partial charge on any atom is -0.480 e. The molecule has 0 aliphatic heterocycles. The molecule has 3 N–H and O–H groups in total. The van der Waals surface area contributed by atoms with Crippen LogP contribution in [0.25, 0.3) is 0 Å². The Morgan fingerprint density at radius 3 is 2.50 bits per heavy atom. The maximum absolute atomic E-state index is 12.7. The second-order valence-electron chi connectivity index (χ2n) is 8.61. The van der Waals surface area contributed by atoms with E-state index >= 15 is 0 Å². The predicted molar refractivity (Wildman–Crippen MR) is 119 cm³/mol. The fourth-order valence-corrected chi connectivity index (χ4v) is 3.18. The monoisotopic (exact) mass is 444 g/mol. The molecule has 0 saturated heterocycles. The van der Waals surface area contributed by atoms with E-state index in [4.69, 9.17) is 4.74 Å². The number of carboxylic acids is 1. The van der Waals surface area contributed by atoms with Gasteiger partial charge in [-0.2, -0.15) is 0 Å². The summed E-state index contributed by atoms with van der Waals surface area (Å²) in [5, 5.41) is 11.9. The van der Waals surface area contributed by atoms with Gasteiger partial charge < -0.3 is 20.1 Å². The van der Waals surface area contributed by atoms with Crippen LogP contribution in [0.5, 0.6) is 0 Å². The summed E-state index contributed by atoms with van der Waals surface area (Å²) in [6.45, 7) is 5.28. The van der Waals surface area contributed by atoms with Crippen LogP contribution in [0.4, 0.5) is 0 Å². The number of aryl methyl sites for hydroxylation is 1. The largest absolute Gasteiger partial charge is 0.480 e. The number of imidazole rings is 1. The summed E-state index contributed by atoms with van der Waals surface area (Å²) in [5.74, 6) is -2.03. The van der Waals surface area contributed by atoms with Crippen molar-refractivity contribution in [3.63, 3.8) is 0 Å². The molecule has 0 bridgehead atoms. The van der Waals surface area contributed by atoms with Gasteiger partial charge in [0, 0.05) is 12.6 Å². The standard InChI is InChI=1S/C23H32N4O5/c1-23(2,3)32-22(31)19(12-18-13-24-16-25-18)26-20(28)14-27(15-21(29)30)11-7-10-17-8-5-4-6-9-17/h4-6,8-9,13,16,19H,7,10-12,14-15H2,1-3H3,(H,24,25)(H,26,28)(H,29,30)/t19-/m0/s1. The molecule has 0 spiro atoms. The first-order valence-corrected chi connectivity index (χ1v) is 10.6. The zero-order chi connectivity index (χ0) is 23.6. The van der Waals surface area contributed by atoms with Gasteiger partial charge in [-0.15, -0.1) is 0 Å². The minimum atomic E-state index is -1.02. The molecule has 2 aromatic rings. The van der Waals surface area contributed by atoms with Crippen LogP contribution in [0.3, 0.4) is 0 Å². The van der Waals surface area contributed by atoms with Crippen LogP contribution >= 0.6 is 0 Å². The van der Waals surface area contributed by atoms with Gasteiger partial charge in [0.2, 0.25) is 5.91 Å². The van der Waals surface area contributed by atoms with Crippen molar-refractivity contribution in [2.75, 3.05) is 19.6 Å². The van der Waals surface area contributed by atoms with Crippen molar-refractivity contribution in [3.8, 4) is 0 Å². The van der Waals surface area contributed by atoms with E-state index in [0.29, 0.717) is 18.7 Å². The number of aromatic amines is 1. The van der Waals surface area contributed by atoms with E-state index in [1.165, 1.54) is 6.33 Å². The normalized spacial score (nSPS) is 12.4. The molecule has 0 saturated carbocycles. The number of carboxylic acid groups (broad SMARTS) is 1. The van der Waals surface area contributed by atoms with Crippen molar-refractivity contribution in [1.29, 1.82) is 0 Å². The summed E-state index contributed by atoms with van der Waals surface area (Å²) in [5.41, 5.74) is 1.04. The number of benzene rings is 1. The Morgan fingerprint density at radius 2 is 1.91 bits per heavy atom. The number of hydrogen-bond acceptors (Lipinski definition) is 6. The molecular weight excluding hydrogens is 412 g/mol. The van der Waals surface area contributed by atoms with Crippen LogP contribution < -0.4 is 5.32 Å². The smallest absolute Gasteiger partial charge is 0.329 e. The first-order valence-electron chi connectivity index (χ1n) is 10.6. The maximum Gasteiger partial charge on any atom is 0.329 e. The summed E-state index contributed by atoms with van der Waals surface area (Å²) in [4.78, 5) is 45.1. The number of nitrogens with one attached hydrogen (secondary N) is 2. The molecule has 1 heterocycles. The van der Waals surface area contributed by atoms with Crippen molar-refractivity contribution >= 4 is 17.8 Å². The Morgan fingerprint density at radius 1 is 1.19 bits per heavy atom. The quantitative estimate of drug-likeness (QED) is 0.426. The highest BCUT2D eigenvalue weighted by atomic mass is 16.6. The lowest BCUT2D eigenvalue weighted by Crippen LogP contribution is -2.49. The van der Waals surface area contributed by atoms with Gasteiger partial charge in [-0.3, -0.25) is 14.5 Å². The Balaban J connectivity index is 1.97. The lowest BCUT2D eigenvalue weighted by molar-refractivity contribution is -0.158. The molecule has 9 nitrogen and oxygen atoms in total. The third-order valence-corrected chi connectivity index (χ3v) is 4.50. The van der Waals surface area contributed by atoms with Gasteiger partial charge in [0.15, 0.2) is 0 Å². The van der Waals surface area contributed by atoms with E-state index in [0.717, 1.165) is 12.0 Å². The maximum atomic E-state index is 12.7. The predicted octanol–water partition coefficient (Wildman–Crippen LogP) is 1.80. The van der Waals surface area contributed by atoms with Crippen molar-refractivity contribution in [3.05, 3.63) is 54.1 Å². The number of hydrogen-bond donors (Lipinski definition) is 3. The fourth-order valence-electron chi connectivity index (χ4n) is 3.18. The van der Waals surface area contributed by atoms with E-state index < -0.39 is 29.5 Å². The highest BCUT2D eigenvalue weighted by Crippen LogP contribution is 2.11. The number of H-pyrrole nitrogens is 1. The lowest BCUT2D eigenvalue weighted by Gasteiger charge is -2.25. The topological polar surface area (TPSA) is 125 Å². The summed E-state index contributed by atoms with van der Waals surface area (Å²) in [6, 6.07) is 8.93. The highest BCUT2D eigenvalue weighted by molar-refractivity contribution is 5.86. The second-order valence-corrected chi connectivity index (χ2v) is 8.61. The molecule has 0 radical (unpaired) electrons. The van der Waals surface area contributed by atoms with Crippen molar-refractivity contribution < 1.29 is 24.2 Å². The zero-order valence-electron chi connectivity index (χ0n) is 18.8. The van der Waals surface area contributed by atoms with Gasteiger partial charge >= 0.3 is 11.9 Å². The van der Waals surface area contributed by atoms with E-state index in [1.807, 2.05) is 30.3 Å². The number of carbonyl (C=O) groups is 3. The van der Waals surface area contributed by atoms with Gasteiger partial charge in [-0.1, -0.05) is 30.3 Å². The van der Waals surface area contributed by atoms with E-state index in [1.54, 1.807) is 31.9 Å². The summed E-state index contributed by atoms with van der Waals surface area (Å²) >= 11 is 0. The Bertz CT molecular complexity index is 862. The molecule has 0 unspecified atom stereocenters. The number of esters is 1. The highest BCUT2D eigenvalue weighted by Gasteiger charge is 2.28. The van der Waals surface area contributed by atoms with Crippen LogP contribution in [0.15, 0.2) is 42.9 Å². The van der Waals surface area contributed by atoms with Gasteiger partial charge in [-0.05, 0) is 45.7 Å². The first-order chi connectivity index (χ1) is 15.1. The molecule has 0 aliphatic carbocycles. The van der Waals surface area contributed by atoms with Crippen LogP contribution in [0.1, 0.15) is 38.4 Å². The summed E-state index contributed by atoms with van der Waals surface area (Å²) in [6.07, 6.45) is 4.77. The average Bonchev–Trinajstić information content (AvgIpc) is 3.19. The molecule has 0 fully saturated rings. The number of aliphatic carboxylic acids is 1. The second kappa shape index (κ2) is 12.0. The van der Waals surface area contributed by atoms with E-state index in [9.17, 15) is 19.5 Å². The molecule has 9 heteroatoms. The molecule has 174 valence electrons. The number of rotatable bonds is 12. The fraction of sp³-hybridized carbons (Fsp3) is 0.478. The van der Waals surface area contributed by atoms with Crippen molar-refractivity contribution in [2.24, 2.45) is 0 Å². The lowest BCUT2D eigenvalue weighted by atomic mass is 10.1. The Kier molecular flexibility index (Phi) is 9.39. The SMILES string of the molecule is CC(C)(C)OC(=O)[C@H](Cc1c[nH]cn1)NC(=O)CN(CCCc1ccccc1)CC(=O)O. The minimum absolute atomic E-state index is 0.138. The van der Waals surface area contributed by atoms with Crippen LogP contribution in [-0.4, -0.2) is 69.1 Å². The average molecular weight is 445 g/mol. The first kappa shape index (κ1) is 25.1. The molecule has 1 atom stereocenters. The molecule has 1 aromatic heterocycles. The zero-order valence-corrected chi connectivity index (χ0v) is 18.8. The number of aromatic nitrogens is 2. The van der Waals surface area contributed by atoms with Gasteiger partial charge in [0.25, 0.3) is 0 Å². The molecule has 0 aliphatic rings. The van der Waals surface area contributed by atoms with Crippen LogP contribution in [0.2, 0.25) is 0 Å². The number of ether oxygens (including phenoxy) is 1. The van der Waals surface area contributed by atoms with Crippen molar-refractivity contribution in [2.45, 2.75) is 51.7 Å². The van der Waals surface area contributed by atoms with E-state index in [2.05, 4.69) is 15.3 Å². The van der Waals surface area contributed by atoms with Crippen LogP contribution in [0, 0.1) is 0 Å². The third-order valence-electron chi connectivity index (χ3n) is 4.50. The number of amides is 1. The Labute approximate surface area is 188 Å². The third kappa shape index (κ3) is 9.74. The number of carbonyl (C=O) groups excluding carboxylic acids is 2. The summed E-state index contributed by atoms with van der Waals surface area (Å²) in [7, 11) is 0. The molecule has 1 aromatic carbocycles. The molecular formula is C23H32N4O5. The number of nitrogens with zero attached hydrogens (tertiary/aromatic N) is 2. The molecule has 1 amide bonds. The van der Waals surface area contributed by atoms with Crippen LogP contribution in [-0.2, 0) is 32.0 Å². The molecule has 32 heavy (non-hydrogen) atoms. The Hall–Kier alpha value is -3.20. The molecule has 2 rings (SSSR count). The van der Waals surface area contributed by atoms with Gasteiger partial charge in [-0.25, -0.2) is 9.78 Å². The summed E-state index contributed by atoms with van der Waals surface area (Å²) < 4.78 is 5.43. The van der Waals surface area contributed by atoms with Gasteiger partial charge in [0.1, 0.15) is 11.6 Å². The van der Waals surface area contributed by atoms with Gasteiger partial charge in [0.05, 0.1) is 25.1 Å². The van der Waals surface area contributed by atoms with E-state index in [-0.39, 0.29) is 19.5 Å².